The summed E-state index contributed by atoms with van der Waals surface area (Å²) in [6, 6.07) is 13.4. The van der Waals surface area contributed by atoms with Crippen molar-refractivity contribution < 1.29 is 4.79 Å². The zero-order valence-electron chi connectivity index (χ0n) is 14.1. The molecule has 1 amide bonds. The number of fused-ring (bicyclic) bond motifs is 1. The van der Waals surface area contributed by atoms with Gasteiger partial charge in [-0.05, 0) is 34.4 Å². The van der Waals surface area contributed by atoms with Crippen LogP contribution in [0.15, 0.2) is 47.2 Å². The van der Waals surface area contributed by atoms with E-state index in [4.69, 9.17) is 0 Å². The first-order valence-electron chi connectivity index (χ1n) is 8.78. The van der Waals surface area contributed by atoms with Gasteiger partial charge < -0.3 is 4.90 Å². The number of thiophene rings is 1. The summed E-state index contributed by atoms with van der Waals surface area (Å²) in [6.45, 7) is 5.80. The molecule has 0 saturated carbocycles. The van der Waals surface area contributed by atoms with E-state index in [-0.39, 0.29) is 5.91 Å². The molecule has 3 nitrogen and oxygen atoms in total. The lowest BCUT2D eigenvalue weighted by Gasteiger charge is -2.38. The van der Waals surface area contributed by atoms with Crippen molar-refractivity contribution in [2.45, 2.75) is 31.8 Å². The maximum absolute atomic E-state index is 12.1. The fraction of sp³-hybridized carbons (Fsp3) is 0.450. The van der Waals surface area contributed by atoms with E-state index in [9.17, 15) is 4.79 Å². The van der Waals surface area contributed by atoms with E-state index in [2.05, 4.69) is 57.0 Å². The highest BCUT2D eigenvalue weighted by Gasteiger charge is 2.46. The lowest BCUT2D eigenvalue weighted by molar-refractivity contribution is -0.130. The van der Waals surface area contributed by atoms with Crippen LogP contribution in [-0.4, -0.2) is 41.4 Å². The van der Waals surface area contributed by atoms with E-state index in [1.807, 2.05) is 0 Å². The van der Waals surface area contributed by atoms with Crippen LogP contribution in [0.2, 0.25) is 0 Å². The molecule has 2 fully saturated rings. The summed E-state index contributed by atoms with van der Waals surface area (Å²) < 4.78 is 0. The lowest BCUT2D eigenvalue weighted by atomic mass is 9.82. The van der Waals surface area contributed by atoms with E-state index in [1.165, 1.54) is 11.1 Å². The predicted octanol–water partition coefficient (Wildman–Crippen LogP) is 3.58. The highest BCUT2D eigenvalue weighted by Crippen LogP contribution is 2.42. The van der Waals surface area contributed by atoms with Crippen molar-refractivity contribution in [2.24, 2.45) is 5.92 Å². The molecule has 126 valence electrons. The van der Waals surface area contributed by atoms with Crippen LogP contribution in [0, 0.1) is 5.92 Å². The van der Waals surface area contributed by atoms with Crippen LogP contribution in [0.4, 0.5) is 0 Å². The molecule has 2 aromatic rings. The molecule has 0 radical (unpaired) electrons. The third-order valence-electron chi connectivity index (χ3n) is 5.64. The first-order chi connectivity index (χ1) is 11.7. The molecule has 0 aliphatic carbocycles. The second-order valence-electron chi connectivity index (χ2n) is 7.08. The van der Waals surface area contributed by atoms with E-state index in [0.717, 1.165) is 32.6 Å². The summed E-state index contributed by atoms with van der Waals surface area (Å²) >= 11 is 1.76. The molecule has 1 aromatic heterocycles. The van der Waals surface area contributed by atoms with Crippen molar-refractivity contribution >= 4 is 17.2 Å². The third-order valence-corrected chi connectivity index (χ3v) is 6.34. The van der Waals surface area contributed by atoms with E-state index in [1.54, 1.807) is 18.3 Å². The molecule has 4 rings (SSSR count). The second kappa shape index (κ2) is 6.69. The number of benzene rings is 1. The minimum Gasteiger partial charge on any atom is -0.339 e. The number of hydrogen-bond acceptors (Lipinski definition) is 3. The standard InChI is InChI=1S/C20H24N2OS/c1-15(23)22-13-18(17-8-10-24-14-17)19-12-21(9-7-20(19)22)11-16-5-3-2-4-6-16/h2-6,8,10,14,18-20H,7,9,11-13H2,1H3/t18-,19-,20-/m0/s1. The summed E-state index contributed by atoms with van der Waals surface area (Å²) in [7, 11) is 0. The maximum atomic E-state index is 12.1. The quantitative estimate of drug-likeness (QED) is 0.852. The number of nitrogens with zero attached hydrogens (tertiary/aromatic N) is 2. The van der Waals surface area contributed by atoms with Gasteiger partial charge in [0.05, 0.1) is 0 Å². The van der Waals surface area contributed by atoms with Gasteiger partial charge in [0.25, 0.3) is 0 Å². The number of likely N-dealkylation sites (tertiary alicyclic amines) is 2. The molecule has 3 heterocycles. The Balaban J connectivity index is 1.53. The van der Waals surface area contributed by atoms with Crippen LogP contribution in [-0.2, 0) is 11.3 Å². The molecule has 0 spiro atoms. The Morgan fingerprint density at radius 1 is 1.21 bits per heavy atom. The molecular formula is C20H24N2OS. The Morgan fingerprint density at radius 3 is 2.75 bits per heavy atom. The van der Waals surface area contributed by atoms with Crippen molar-refractivity contribution in [1.29, 1.82) is 0 Å². The molecule has 2 aliphatic rings. The molecule has 0 bridgehead atoms. The maximum Gasteiger partial charge on any atom is 0.219 e. The summed E-state index contributed by atoms with van der Waals surface area (Å²) in [5.74, 6) is 1.28. The molecule has 24 heavy (non-hydrogen) atoms. The number of carbonyl (C=O) groups excluding carboxylic acids is 1. The molecular weight excluding hydrogens is 316 g/mol. The largest absolute Gasteiger partial charge is 0.339 e. The monoisotopic (exact) mass is 340 g/mol. The van der Waals surface area contributed by atoms with Crippen molar-refractivity contribution in [1.82, 2.24) is 9.80 Å². The van der Waals surface area contributed by atoms with Gasteiger partial charge >= 0.3 is 0 Å². The third kappa shape index (κ3) is 3.01. The Morgan fingerprint density at radius 2 is 2.04 bits per heavy atom. The van der Waals surface area contributed by atoms with Crippen LogP contribution in [0.5, 0.6) is 0 Å². The first kappa shape index (κ1) is 15.9. The average Bonchev–Trinajstić information content (AvgIpc) is 3.22. The minimum absolute atomic E-state index is 0.235. The van der Waals surface area contributed by atoms with Crippen LogP contribution in [0.1, 0.15) is 30.4 Å². The highest BCUT2D eigenvalue weighted by molar-refractivity contribution is 7.08. The van der Waals surface area contributed by atoms with Crippen molar-refractivity contribution in [2.75, 3.05) is 19.6 Å². The van der Waals surface area contributed by atoms with Gasteiger partial charge in [0, 0.05) is 51.0 Å². The summed E-state index contributed by atoms with van der Waals surface area (Å²) in [4.78, 5) is 16.8. The summed E-state index contributed by atoms with van der Waals surface area (Å²) in [6.07, 6.45) is 1.09. The fourth-order valence-corrected chi connectivity index (χ4v) is 5.22. The second-order valence-corrected chi connectivity index (χ2v) is 7.86. The Labute approximate surface area is 147 Å². The van der Waals surface area contributed by atoms with Crippen molar-refractivity contribution in [3.8, 4) is 0 Å². The number of piperidine rings is 1. The molecule has 4 heteroatoms. The summed E-state index contributed by atoms with van der Waals surface area (Å²) in [5, 5.41) is 4.42. The van der Waals surface area contributed by atoms with Gasteiger partial charge in [0.1, 0.15) is 0 Å². The van der Waals surface area contributed by atoms with E-state index < -0.39 is 0 Å². The van der Waals surface area contributed by atoms with Crippen LogP contribution in [0.3, 0.4) is 0 Å². The van der Waals surface area contributed by atoms with Gasteiger partial charge in [-0.1, -0.05) is 30.3 Å². The predicted molar refractivity (Wildman–Crippen MR) is 98.1 cm³/mol. The van der Waals surface area contributed by atoms with E-state index >= 15 is 0 Å². The van der Waals surface area contributed by atoms with Crippen LogP contribution in [0.25, 0.3) is 0 Å². The van der Waals surface area contributed by atoms with Crippen molar-refractivity contribution in [3.05, 3.63) is 58.3 Å². The zero-order valence-corrected chi connectivity index (χ0v) is 14.9. The molecule has 0 N–H and O–H groups in total. The van der Waals surface area contributed by atoms with Crippen molar-refractivity contribution in [3.63, 3.8) is 0 Å². The lowest BCUT2D eigenvalue weighted by Crippen LogP contribution is -2.47. The number of amides is 1. The Kier molecular flexibility index (Phi) is 4.42. The van der Waals surface area contributed by atoms with Crippen LogP contribution >= 0.6 is 11.3 Å². The first-order valence-corrected chi connectivity index (χ1v) is 9.72. The van der Waals surface area contributed by atoms with Crippen LogP contribution < -0.4 is 0 Å². The molecule has 1 aromatic carbocycles. The zero-order chi connectivity index (χ0) is 16.5. The fourth-order valence-electron chi connectivity index (χ4n) is 4.49. The van der Waals surface area contributed by atoms with Gasteiger partial charge in [0.2, 0.25) is 5.91 Å². The SMILES string of the molecule is CC(=O)N1C[C@@H](c2ccsc2)[C@@H]2CN(Cc3ccccc3)CC[C@@H]21. The van der Waals surface area contributed by atoms with E-state index in [0.29, 0.717) is 17.9 Å². The average molecular weight is 340 g/mol. The van der Waals surface area contributed by atoms with Gasteiger partial charge in [-0.25, -0.2) is 0 Å². The van der Waals surface area contributed by atoms with Gasteiger partial charge in [-0.2, -0.15) is 11.3 Å². The topological polar surface area (TPSA) is 23.6 Å². The minimum atomic E-state index is 0.235. The molecule has 2 aliphatic heterocycles. The number of hydrogen-bond donors (Lipinski definition) is 0. The Hall–Kier alpha value is -1.65. The van der Waals surface area contributed by atoms with Gasteiger partial charge in [0.15, 0.2) is 0 Å². The molecule has 3 atom stereocenters. The van der Waals surface area contributed by atoms with Gasteiger partial charge in [-0.15, -0.1) is 0 Å². The summed E-state index contributed by atoms with van der Waals surface area (Å²) in [5.41, 5.74) is 2.80. The smallest absolute Gasteiger partial charge is 0.219 e. The number of rotatable bonds is 3. The molecule has 2 saturated heterocycles. The number of carbonyl (C=O) groups is 1. The Bertz CT molecular complexity index is 685. The highest BCUT2D eigenvalue weighted by atomic mass is 32.1. The molecule has 0 unspecified atom stereocenters. The van der Waals surface area contributed by atoms with Gasteiger partial charge in [-0.3, -0.25) is 9.69 Å². The normalized spacial score (nSPS) is 27.2.